The Morgan fingerprint density at radius 2 is 1.61 bits per heavy atom. The maximum absolute atomic E-state index is 13.1. The number of thiophene rings is 1. The standard InChI is InChI=1S/C23H22N2O2S/c1-15(2)20-14-19(21(24)26)23(28-20)25-22(27)18(17-11-7-4-8-12-17)13-16-9-5-3-6-10-16/h3-15H,1-2H3,(H2,24,26)(H,25,27)/b18-13-. The van der Waals surface area contributed by atoms with Crippen LogP contribution in [0.1, 0.15) is 46.1 Å². The molecule has 4 nitrogen and oxygen atoms in total. The Labute approximate surface area is 168 Å². The molecule has 3 rings (SSSR count). The van der Waals surface area contributed by atoms with E-state index in [0.29, 0.717) is 16.1 Å². The zero-order valence-corrected chi connectivity index (χ0v) is 16.6. The van der Waals surface area contributed by atoms with Crippen LogP contribution in [-0.2, 0) is 4.79 Å². The highest BCUT2D eigenvalue weighted by atomic mass is 32.1. The molecule has 1 heterocycles. The van der Waals surface area contributed by atoms with Crippen molar-refractivity contribution in [2.75, 3.05) is 5.32 Å². The molecule has 0 saturated carbocycles. The Balaban J connectivity index is 1.99. The molecule has 2 aromatic carbocycles. The highest BCUT2D eigenvalue weighted by Gasteiger charge is 2.20. The van der Waals surface area contributed by atoms with Gasteiger partial charge in [-0.15, -0.1) is 11.3 Å². The van der Waals surface area contributed by atoms with Crippen molar-refractivity contribution < 1.29 is 9.59 Å². The molecule has 0 saturated heterocycles. The molecule has 0 spiro atoms. The molecule has 0 atom stereocenters. The second kappa shape index (κ2) is 8.67. The maximum atomic E-state index is 13.1. The highest BCUT2D eigenvalue weighted by molar-refractivity contribution is 7.16. The molecule has 0 fully saturated rings. The zero-order chi connectivity index (χ0) is 20.1. The number of primary amides is 1. The van der Waals surface area contributed by atoms with Crippen molar-refractivity contribution in [1.29, 1.82) is 0 Å². The van der Waals surface area contributed by atoms with E-state index in [1.807, 2.05) is 80.6 Å². The fourth-order valence-electron chi connectivity index (χ4n) is 2.75. The minimum Gasteiger partial charge on any atom is -0.366 e. The summed E-state index contributed by atoms with van der Waals surface area (Å²) in [6.45, 7) is 4.07. The molecular formula is C23H22N2O2S. The summed E-state index contributed by atoms with van der Waals surface area (Å²) in [4.78, 5) is 26.0. The van der Waals surface area contributed by atoms with Crippen molar-refractivity contribution in [3.63, 3.8) is 0 Å². The predicted octanol–water partition coefficient (Wildman–Crippen LogP) is 5.15. The average Bonchev–Trinajstić information content (AvgIpc) is 3.12. The van der Waals surface area contributed by atoms with Gasteiger partial charge < -0.3 is 11.1 Å². The van der Waals surface area contributed by atoms with Crippen molar-refractivity contribution in [3.8, 4) is 0 Å². The Bertz CT molecular complexity index is 1010. The number of amides is 2. The quantitative estimate of drug-likeness (QED) is 0.451. The monoisotopic (exact) mass is 390 g/mol. The topological polar surface area (TPSA) is 72.2 Å². The van der Waals surface area contributed by atoms with Gasteiger partial charge in [-0.3, -0.25) is 9.59 Å². The fraction of sp³-hybridized carbons (Fsp3) is 0.130. The van der Waals surface area contributed by atoms with Gasteiger partial charge in [-0.1, -0.05) is 74.5 Å². The number of anilines is 1. The van der Waals surface area contributed by atoms with Crippen LogP contribution in [-0.4, -0.2) is 11.8 Å². The van der Waals surface area contributed by atoms with E-state index in [2.05, 4.69) is 5.32 Å². The number of carbonyl (C=O) groups excluding carboxylic acids is 2. The van der Waals surface area contributed by atoms with E-state index in [1.165, 1.54) is 11.3 Å². The first kappa shape index (κ1) is 19.6. The molecule has 0 aliphatic heterocycles. The molecule has 0 radical (unpaired) electrons. The van der Waals surface area contributed by atoms with Crippen molar-refractivity contribution in [2.24, 2.45) is 5.73 Å². The lowest BCUT2D eigenvalue weighted by Crippen LogP contribution is -2.17. The lowest BCUT2D eigenvalue weighted by molar-refractivity contribution is -0.111. The van der Waals surface area contributed by atoms with Crippen LogP contribution in [0.25, 0.3) is 11.6 Å². The molecule has 0 bridgehead atoms. The number of hydrogen-bond acceptors (Lipinski definition) is 3. The minimum atomic E-state index is -0.549. The molecule has 0 aliphatic rings. The number of nitrogens with one attached hydrogen (secondary N) is 1. The van der Waals surface area contributed by atoms with E-state index in [1.54, 1.807) is 6.07 Å². The Kier molecular flexibility index (Phi) is 6.06. The summed E-state index contributed by atoms with van der Waals surface area (Å²) in [7, 11) is 0. The number of benzene rings is 2. The van der Waals surface area contributed by atoms with Crippen molar-refractivity contribution in [3.05, 3.63) is 88.3 Å². The van der Waals surface area contributed by atoms with E-state index >= 15 is 0 Å². The van der Waals surface area contributed by atoms with Crippen LogP contribution in [0, 0.1) is 0 Å². The average molecular weight is 391 g/mol. The second-order valence-electron chi connectivity index (χ2n) is 6.70. The van der Waals surface area contributed by atoms with E-state index in [0.717, 1.165) is 16.0 Å². The SMILES string of the molecule is CC(C)c1cc(C(N)=O)c(NC(=O)/C(=C\c2ccccc2)c2ccccc2)s1. The van der Waals surface area contributed by atoms with Crippen LogP contribution in [0.5, 0.6) is 0 Å². The molecule has 3 aromatic rings. The van der Waals surface area contributed by atoms with Crippen molar-refractivity contribution >= 4 is 39.8 Å². The van der Waals surface area contributed by atoms with Crippen LogP contribution in [0.4, 0.5) is 5.00 Å². The van der Waals surface area contributed by atoms with Crippen LogP contribution in [0.3, 0.4) is 0 Å². The lowest BCUT2D eigenvalue weighted by Gasteiger charge is -2.10. The van der Waals surface area contributed by atoms with Gasteiger partial charge in [-0.05, 0) is 29.2 Å². The summed E-state index contributed by atoms with van der Waals surface area (Å²) < 4.78 is 0. The van der Waals surface area contributed by atoms with Gasteiger partial charge in [0.15, 0.2) is 0 Å². The molecule has 0 unspecified atom stereocenters. The predicted molar refractivity (Wildman–Crippen MR) is 116 cm³/mol. The Morgan fingerprint density at radius 1 is 1.00 bits per heavy atom. The molecular weight excluding hydrogens is 368 g/mol. The molecule has 2 amide bonds. The Morgan fingerprint density at radius 3 is 2.18 bits per heavy atom. The van der Waals surface area contributed by atoms with Gasteiger partial charge in [0.05, 0.1) is 5.56 Å². The Hall–Kier alpha value is -3.18. The highest BCUT2D eigenvalue weighted by Crippen LogP contribution is 2.33. The van der Waals surface area contributed by atoms with Gasteiger partial charge in [0.1, 0.15) is 5.00 Å². The molecule has 142 valence electrons. The van der Waals surface area contributed by atoms with Crippen LogP contribution >= 0.6 is 11.3 Å². The number of rotatable bonds is 6. The van der Waals surface area contributed by atoms with Gasteiger partial charge in [-0.25, -0.2) is 0 Å². The van der Waals surface area contributed by atoms with E-state index < -0.39 is 5.91 Å². The maximum Gasteiger partial charge on any atom is 0.256 e. The third-order valence-corrected chi connectivity index (χ3v) is 5.60. The number of nitrogens with two attached hydrogens (primary N) is 1. The summed E-state index contributed by atoms with van der Waals surface area (Å²) in [5.41, 5.74) is 8.09. The molecule has 3 N–H and O–H groups in total. The van der Waals surface area contributed by atoms with Gasteiger partial charge in [0.2, 0.25) is 0 Å². The van der Waals surface area contributed by atoms with Gasteiger partial charge in [0, 0.05) is 10.5 Å². The number of carbonyl (C=O) groups is 2. The van der Waals surface area contributed by atoms with Gasteiger partial charge in [0.25, 0.3) is 11.8 Å². The third kappa shape index (κ3) is 4.56. The van der Waals surface area contributed by atoms with Crippen molar-refractivity contribution in [2.45, 2.75) is 19.8 Å². The van der Waals surface area contributed by atoms with E-state index in [9.17, 15) is 9.59 Å². The summed E-state index contributed by atoms with van der Waals surface area (Å²) in [5.74, 6) is -0.594. The summed E-state index contributed by atoms with van der Waals surface area (Å²) in [6.07, 6.45) is 1.84. The van der Waals surface area contributed by atoms with Gasteiger partial charge in [-0.2, -0.15) is 0 Å². The molecule has 5 heteroatoms. The van der Waals surface area contributed by atoms with Gasteiger partial charge >= 0.3 is 0 Å². The molecule has 1 aromatic heterocycles. The second-order valence-corrected chi connectivity index (χ2v) is 7.78. The van der Waals surface area contributed by atoms with Crippen LogP contribution in [0.2, 0.25) is 0 Å². The summed E-state index contributed by atoms with van der Waals surface area (Å²) >= 11 is 1.38. The first-order chi connectivity index (χ1) is 13.5. The van der Waals surface area contributed by atoms with E-state index in [-0.39, 0.29) is 11.8 Å². The van der Waals surface area contributed by atoms with Crippen LogP contribution in [0.15, 0.2) is 66.7 Å². The largest absolute Gasteiger partial charge is 0.366 e. The first-order valence-corrected chi connectivity index (χ1v) is 9.84. The summed E-state index contributed by atoms with van der Waals surface area (Å²) in [6, 6.07) is 20.9. The summed E-state index contributed by atoms with van der Waals surface area (Å²) in [5, 5.41) is 3.38. The zero-order valence-electron chi connectivity index (χ0n) is 15.8. The lowest BCUT2D eigenvalue weighted by atomic mass is 10.0. The molecule has 0 aliphatic carbocycles. The fourth-order valence-corrected chi connectivity index (χ4v) is 3.82. The van der Waals surface area contributed by atoms with E-state index in [4.69, 9.17) is 5.73 Å². The van der Waals surface area contributed by atoms with Crippen LogP contribution < -0.4 is 11.1 Å². The van der Waals surface area contributed by atoms with Crippen molar-refractivity contribution in [1.82, 2.24) is 0 Å². The minimum absolute atomic E-state index is 0.238. The normalized spacial score (nSPS) is 11.5. The number of hydrogen-bond donors (Lipinski definition) is 2. The molecule has 28 heavy (non-hydrogen) atoms. The third-order valence-electron chi connectivity index (χ3n) is 4.25. The smallest absolute Gasteiger partial charge is 0.256 e. The first-order valence-electron chi connectivity index (χ1n) is 9.02.